The van der Waals surface area contributed by atoms with Crippen LogP contribution in [0.3, 0.4) is 0 Å². The Kier molecular flexibility index (Phi) is 5.80. The fraction of sp³-hybridized carbons (Fsp3) is 0.480. The van der Waals surface area contributed by atoms with Gasteiger partial charge in [-0.1, -0.05) is 5.16 Å². The third-order valence-corrected chi connectivity index (χ3v) is 6.72. The maximum Gasteiger partial charge on any atom is 0.141 e. The highest BCUT2D eigenvalue weighted by molar-refractivity contribution is 6.05. The van der Waals surface area contributed by atoms with E-state index in [1.165, 1.54) is 0 Å². The van der Waals surface area contributed by atoms with Crippen LogP contribution in [0.5, 0.6) is 5.75 Å². The number of fused-ring (bicyclic) bond motifs is 3. The van der Waals surface area contributed by atoms with Gasteiger partial charge in [-0.05, 0) is 58.8 Å². The normalized spacial score (nSPS) is 16.0. The van der Waals surface area contributed by atoms with Crippen molar-refractivity contribution in [3.63, 3.8) is 0 Å². The molecule has 0 aliphatic carbocycles. The first-order valence-corrected chi connectivity index (χ1v) is 11.5. The first-order chi connectivity index (χ1) is 16.0. The zero-order valence-electron chi connectivity index (χ0n) is 19.9. The van der Waals surface area contributed by atoms with Gasteiger partial charge in [-0.25, -0.2) is 4.98 Å². The van der Waals surface area contributed by atoms with Gasteiger partial charge in [-0.2, -0.15) is 0 Å². The molecule has 0 amide bonds. The molecular weight excluding hydrogens is 418 g/mol. The third kappa shape index (κ3) is 3.67. The van der Waals surface area contributed by atoms with Crippen LogP contribution in [0.4, 0.5) is 0 Å². The number of imidazole rings is 1. The van der Waals surface area contributed by atoms with Crippen molar-refractivity contribution in [1.29, 1.82) is 0 Å². The molecule has 1 saturated heterocycles. The Morgan fingerprint density at radius 1 is 1.18 bits per heavy atom. The van der Waals surface area contributed by atoms with Crippen molar-refractivity contribution in [3.05, 3.63) is 35.6 Å². The van der Waals surface area contributed by atoms with E-state index in [1.807, 2.05) is 20.0 Å². The molecule has 1 aliphatic heterocycles. The van der Waals surface area contributed by atoms with Gasteiger partial charge in [-0.3, -0.25) is 4.98 Å². The summed E-state index contributed by atoms with van der Waals surface area (Å²) in [6, 6.07) is 4.29. The number of ether oxygens (including phenoxy) is 2. The average Bonchev–Trinajstić information content (AvgIpc) is 3.38. The molecular formula is C25H31N5O3. The Morgan fingerprint density at radius 3 is 2.64 bits per heavy atom. The lowest BCUT2D eigenvalue weighted by Gasteiger charge is -2.25. The highest BCUT2D eigenvalue weighted by Crippen LogP contribution is 2.40. The summed E-state index contributed by atoms with van der Waals surface area (Å²) in [6.07, 6.45) is 4.05. The lowest BCUT2D eigenvalue weighted by atomic mass is 9.97. The molecule has 8 nitrogen and oxygen atoms in total. The summed E-state index contributed by atoms with van der Waals surface area (Å²) in [7, 11) is 3.44. The molecule has 4 heterocycles. The molecule has 33 heavy (non-hydrogen) atoms. The summed E-state index contributed by atoms with van der Waals surface area (Å²) in [5.41, 5.74) is 5.60. The van der Waals surface area contributed by atoms with E-state index in [-0.39, 0.29) is 6.04 Å². The van der Waals surface area contributed by atoms with Gasteiger partial charge in [0.25, 0.3) is 0 Å². The molecule has 1 aromatic carbocycles. The molecule has 0 saturated carbocycles. The Labute approximate surface area is 193 Å². The summed E-state index contributed by atoms with van der Waals surface area (Å²) >= 11 is 0. The number of aromatic nitrogens is 4. The number of nitrogens with one attached hydrogen (secondary N) is 1. The number of benzene rings is 1. The van der Waals surface area contributed by atoms with Gasteiger partial charge in [0, 0.05) is 24.0 Å². The van der Waals surface area contributed by atoms with Crippen molar-refractivity contribution in [1.82, 2.24) is 25.0 Å². The second-order valence-corrected chi connectivity index (χ2v) is 8.93. The summed E-state index contributed by atoms with van der Waals surface area (Å²) in [4.78, 5) is 9.89. The maximum absolute atomic E-state index is 5.85. The minimum absolute atomic E-state index is 0.142. The fourth-order valence-electron chi connectivity index (χ4n) is 5.18. The lowest BCUT2D eigenvalue weighted by molar-refractivity contribution is 0.161. The van der Waals surface area contributed by atoms with E-state index in [1.54, 1.807) is 14.2 Å². The van der Waals surface area contributed by atoms with Crippen LogP contribution in [0, 0.1) is 13.8 Å². The molecule has 0 radical (unpaired) electrons. The third-order valence-electron chi connectivity index (χ3n) is 6.72. The largest absolute Gasteiger partial charge is 0.496 e. The van der Waals surface area contributed by atoms with Crippen LogP contribution in [-0.2, 0) is 4.74 Å². The van der Waals surface area contributed by atoms with Crippen molar-refractivity contribution >= 4 is 21.9 Å². The molecule has 1 N–H and O–H groups in total. The van der Waals surface area contributed by atoms with Gasteiger partial charge in [0.2, 0.25) is 0 Å². The van der Waals surface area contributed by atoms with Crippen LogP contribution >= 0.6 is 0 Å². The van der Waals surface area contributed by atoms with Gasteiger partial charge in [0.05, 0.1) is 48.2 Å². The van der Waals surface area contributed by atoms with Crippen LogP contribution in [0.1, 0.15) is 49.0 Å². The van der Waals surface area contributed by atoms with Crippen LogP contribution in [0.25, 0.3) is 33.1 Å². The van der Waals surface area contributed by atoms with Crippen molar-refractivity contribution < 1.29 is 14.0 Å². The summed E-state index contributed by atoms with van der Waals surface area (Å²) in [5.74, 6) is 3.07. The summed E-state index contributed by atoms with van der Waals surface area (Å²) in [5, 5.41) is 8.61. The molecule has 174 valence electrons. The van der Waals surface area contributed by atoms with Crippen molar-refractivity contribution in [2.24, 2.45) is 0 Å². The van der Waals surface area contributed by atoms with Crippen molar-refractivity contribution in [2.45, 2.75) is 45.6 Å². The van der Waals surface area contributed by atoms with E-state index in [0.717, 1.165) is 82.0 Å². The Balaban J connectivity index is 1.78. The Bertz CT molecular complexity index is 1280. The standard InChI is InChI=1S/C25H31N5O3/c1-14(13-31-4)30-24-18-11-22(32-5)19(23-15(2)29-33-16(23)3)10-20(18)27-12-21(24)28-25(30)17-6-8-26-9-7-17/h10-12,14,17,26H,6-9,13H2,1-5H3/t14-/m1/s1. The van der Waals surface area contributed by atoms with Crippen LogP contribution in [0.15, 0.2) is 22.9 Å². The molecule has 0 unspecified atom stereocenters. The van der Waals surface area contributed by atoms with E-state index in [0.29, 0.717) is 12.5 Å². The topological polar surface area (TPSA) is 87.2 Å². The molecule has 4 aromatic rings. The SMILES string of the molecule is COC[C@@H](C)n1c(C2CCNCC2)nc2cnc3cc(-c4c(C)noc4C)c(OC)cc3c21. The second kappa shape index (κ2) is 8.76. The van der Waals surface area contributed by atoms with Gasteiger partial charge in [0.15, 0.2) is 0 Å². The average molecular weight is 450 g/mol. The number of aryl methyl sites for hydroxylation is 2. The van der Waals surface area contributed by atoms with E-state index in [2.05, 4.69) is 34.1 Å². The smallest absolute Gasteiger partial charge is 0.141 e. The van der Waals surface area contributed by atoms with Crippen LogP contribution in [0.2, 0.25) is 0 Å². The van der Waals surface area contributed by atoms with Crippen LogP contribution < -0.4 is 10.1 Å². The molecule has 3 aromatic heterocycles. The highest BCUT2D eigenvalue weighted by Gasteiger charge is 2.27. The molecule has 1 atom stereocenters. The van der Waals surface area contributed by atoms with Gasteiger partial charge < -0.3 is 23.9 Å². The molecule has 0 bridgehead atoms. The first kappa shape index (κ1) is 21.9. The Morgan fingerprint density at radius 2 is 1.97 bits per heavy atom. The highest BCUT2D eigenvalue weighted by atomic mass is 16.5. The van der Waals surface area contributed by atoms with E-state index in [9.17, 15) is 0 Å². The number of piperidine rings is 1. The molecule has 1 aliphatic rings. The minimum atomic E-state index is 0.142. The second-order valence-electron chi connectivity index (χ2n) is 8.93. The predicted molar refractivity (Wildman–Crippen MR) is 128 cm³/mol. The Hall–Kier alpha value is -2.97. The van der Waals surface area contributed by atoms with Gasteiger partial charge in [0.1, 0.15) is 22.9 Å². The minimum Gasteiger partial charge on any atom is -0.496 e. The molecule has 0 spiro atoms. The van der Waals surface area contributed by atoms with Crippen molar-refractivity contribution in [3.8, 4) is 16.9 Å². The zero-order chi connectivity index (χ0) is 23.1. The quantitative estimate of drug-likeness (QED) is 0.462. The fourth-order valence-corrected chi connectivity index (χ4v) is 5.18. The molecule has 8 heteroatoms. The van der Waals surface area contributed by atoms with E-state index >= 15 is 0 Å². The number of pyridine rings is 1. The number of rotatable bonds is 6. The van der Waals surface area contributed by atoms with Crippen molar-refractivity contribution in [2.75, 3.05) is 33.9 Å². The predicted octanol–water partition coefficient (Wildman–Crippen LogP) is 4.54. The lowest BCUT2D eigenvalue weighted by Crippen LogP contribution is -2.29. The summed E-state index contributed by atoms with van der Waals surface area (Å²) in [6.45, 7) is 8.69. The number of hydrogen-bond donors (Lipinski definition) is 1. The van der Waals surface area contributed by atoms with E-state index in [4.69, 9.17) is 24.0 Å². The zero-order valence-corrected chi connectivity index (χ0v) is 19.9. The van der Waals surface area contributed by atoms with Gasteiger partial charge in [-0.15, -0.1) is 0 Å². The van der Waals surface area contributed by atoms with Crippen LogP contribution in [-0.4, -0.2) is 53.6 Å². The molecule has 1 fully saturated rings. The summed E-state index contributed by atoms with van der Waals surface area (Å²) < 4.78 is 19.2. The number of nitrogens with zero attached hydrogens (tertiary/aromatic N) is 4. The number of methoxy groups -OCH3 is 2. The van der Waals surface area contributed by atoms with Gasteiger partial charge >= 0.3 is 0 Å². The van der Waals surface area contributed by atoms with E-state index < -0.39 is 0 Å². The first-order valence-electron chi connectivity index (χ1n) is 11.5. The maximum atomic E-state index is 5.85. The number of hydrogen-bond acceptors (Lipinski definition) is 7. The monoisotopic (exact) mass is 449 g/mol. The molecule has 5 rings (SSSR count).